The van der Waals surface area contributed by atoms with E-state index in [1.807, 2.05) is 31.2 Å². The van der Waals surface area contributed by atoms with Gasteiger partial charge in [0.25, 0.3) is 0 Å². The van der Waals surface area contributed by atoms with Crippen molar-refractivity contribution in [3.8, 4) is 0 Å². The number of sulfonamides is 1. The Kier molecular flexibility index (Phi) is 4.70. The molecule has 0 unspecified atom stereocenters. The molecule has 6 heteroatoms. The Labute approximate surface area is 133 Å². The van der Waals surface area contributed by atoms with Crippen LogP contribution in [0, 0.1) is 6.92 Å². The van der Waals surface area contributed by atoms with Gasteiger partial charge in [0.1, 0.15) is 0 Å². The van der Waals surface area contributed by atoms with Crippen molar-refractivity contribution >= 4 is 31.6 Å². The molecule has 0 aliphatic heterocycles. The topological polar surface area (TPSA) is 72.2 Å². The number of hydrogen-bond acceptors (Lipinski definition) is 3. The molecule has 4 nitrogen and oxygen atoms in total. The molecule has 0 amide bonds. The standard InChI is InChI=1S/C15H17BrN2O2S/c1-10-3-8-14(9-15(10)17)21(19,20)18-11(2)12-4-6-13(16)7-5-12/h3-9,11,18H,17H2,1-2H3/t11-/m1/s1. The third-order valence-corrected chi connectivity index (χ3v) is 5.33. The van der Waals surface area contributed by atoms with Gasteiger partial charge in [-0.3, -0.25) is 0 Å². The molecule has 0 heterocycles. The Morgan fingerprint density at radius 3 is 2.33 bits per heavy atom. The van der Waals surface area contributed by atoms with Crippen molar-refractivity contribution in [1.29, 1.82) is 0 Å². The highest BCUT2D eigenvalue weighted by Crippen LogP contribution is 2.21. The van der Waals surface area contributed by atoms with Crippen LogP contribution in [0.3, 0.4) is 0 Å². The van der Waals surface area contributed by atoms with Crippen molar-refractivity contribution in [2.75, 3.05) is 5.73 Å². The first kappa shape index (κ1) is 16.0. The second-order valence-corrected chi connectivity index (χ2v) is 7.54. The number of rotatable bonds is 4. The van der Waals surface area contributed by atoms with Crippen molar-refractivity contribution in [1.82, 2.24) is 4.72 Å². The van der Waals surface area contributed by atoms with E-state index >= 15 is 0 Å². The van der Waals surface area contributed by atoms with E-state index in [-0.39, 0.29) is 10.9 Å². The lowest BCUT2D eigenvalue weighted by Crippen LogP contribution is -2.27. The van der Waals surface area contributed by atoms with Crippen LogP contribution in [0.1, 0.15) is 24.1 Å². The highest BCUT2D eigenvalue weighted by molar-refractivity contribution is 9.10. The molecule has 0 saturated heterocycles. The third-order valence-electron chi connectivity index (χ3n) is 3.26. The number of nitrogens with one attached hydrogen (secondary N) is 1. The van der Waals surface area contributed by atoms with Crippen molar-refractivity contribution < 1.29 is 8.42 Å². The summed E-state index contributed by atoms with van der Waals surface area (Å²) < 4.78 is 28.3. The maximum Gasteiger partial charge on any atom is 0.241 e. The van der Waals surface area contributed by atoms with Gasteiger partial charge in [0.05, 0.1) is 4.90 Å². The van der Waals surface area contributed by atoms with E-state index in [0.717, 1.165) is 15.6 Å². The van der Waals surface area contributed by atoms with Crippen molar-refractivity contribution in [2.45, 2.75) is 24.8 Å². The summed E-state index contributed by atoms with van der Waals surface area (Å²) >= 11 is 3.35. The van der Waals surface area contributed by atoms with Crippen LogP contribution in [-0.4, -0.2) is 8.42 Å². The summed E-state index contributed by atoms with van der Waals surface area (Å²) in [7, 11) is -3.60. The van der Waals surface area contributed by atoms with Crippen molar-refractivity contribution in [2.24, 2.45) is 0 Å². The second-order valence-electron chi connectivity index (χ2n) is 4.91. The highest BCUT2D eigenvalue weighted by atomic mass is 79.9. The van der Waals surface area contributed by atoms with Gasteiger partial charge in [-0.05, 0) is 49.2 Å². The van der Waals surface area contributed by atoms with Crippen LogP contribution in [-0.2, 0) is 10.0 Å². The molecule has 0 aromatic heterocycles. The molecule has 1 atom stereocenters. The highest BCUT2D eigenvalue weighted by Gasteiger charge is 2.18. The van der Waals surface area contributed by atoms with Gasteiger partial charge in [0, 0.05) is 16.2 Å². The van der Waals surface area contributed by atoms with E-state index in [1.165, 1.54) is 6.07 Å². The van der Waals surface area contributed by atoms with E-state index in [2.05, 4.69) is 20.7 Å². The number of nitrogens with two attached hydrogens (primary N) is 1. The quantitative estimate of drug-likeness (QED) is 0.812. The minimum Gasteiger partial charge on any atom is -0.398 e. The molecule has 0 radical (unpaired) electrons. The molecule has 3 N–H and O–H groups in total. The Hall–Kier alpha value is -1.37. The minimum absolute atomic E-state index is 0.176. The zero-order valence-corrected chi connectivity index (χ0v) is 14.2. The van der Waals surface area contributed by atoms with Crippen molar-refractivity contribution in [3.63, 3.8) is 0 Å². The van der Waals surface area contributed by atoms with E-state index in [4.69, 9.17) is 5.73 Å². The lowest BCUT2D eigenvalue weighted by Gasteiger charge is -2.15. The predicted molar refractivity (Wildman–Crippen MR) is 88.5 cm³/mol. The lowest BCUT2D eigenvalue weighted by molar-refractivity contribution is 0.567. The normalized spacial score (nSPS) is 13.1. The number of nitrogen functional groups attached to an aromatic ring is 1. The molecule has 0 aliphatic carbocycles. The van der Waals surface area contributed by atoms with Crippen LogP contribution in [0.2, 0.25) is 0 Å². The SMILES string of the molecule is Cc1ccc(S(=O)(=O)N[C@H](C)c2ccc(Br)cc2)cc1N. The maximum absolute atomic E-state index is 12.4. The van der Waals surface area contributed by atoms with Gasteiger partial charge >= 0.3 is 0 Å². The number of aryl methyl sites for hydroxylation is 1. The molecule has 0 aliphatic rings. The molecular formula is C15H17BrN2O2S. The van der Waals surface area contributed by atoms with E-state index in [1.54, 1.807) is 19.1 Å². The zero-order valence-electron chi connectivity index (χ0n) is 11.8. The van der Waals surface area contributed by atoms with E-state index in [9.17, 15) is 8.42 Å². The van der Waals surface area contributed by atoms with Crippen LogP contribution in [0.4, 0.5) is 5.69 Å². The zero-order chi connectivity index (χ0) is 15.6. The Bertz CT molecular complexity index is 743. The molecule has 21 heavy (non-hydrogen) atoms. The van der Waals surface area contributed by atoms with Gasteiger partial charge in [-0.2, -0.15) is 0 Å². The molecule has 2 aromatic rings. The van der Waals surface area contributed by atoms with Crippen LogP contribution in [0.15, 0.2) is 51.8 Å². The van der Waals surface area contributed by atoms with Gasteiger partial charge < -0.3 is 5.73 Å². The molecular weight excluding hydrogens is 352 g/mol. The van der Waals surface area contributed by atoms with Crippen LogP contribution in [0.25, 0.3) is 0 Å². The fourth-order valence-corrected chi connectivity index (χ4v) is 3.44. The first-order valence-electron chi connectivity index (χ1n) is 6.43. The monoisotopic (exact) mass is 368 g/mol. The van der Waals surface area contributed by atoms with Gasteiger partial charge in [-0.15, -0.1) is 0 Å². The largest absolute Gasteiger partial charge is 0.398 e. The molecule has 0 bridgehead atoms. The van der Waals surface area contributed by atoms with Gasteiger partial charge in [-0.25, -0.2) is 13.1 Å². The average molecular weight is 369 g/mol. The summed E-state index contributed by atoms with van der Waals surface area (Å²) in [5.74, 6) is 0. The molecule has 2 rings (SSSR count). The number of anilines is 1. The van der Waals surface area contributed by atoms with Crippen molar-refractivity contribution in [3.05, 3.63) is 58.1 Å². The molecule has 0 spiro atoms. The summed E-state index contributed by atoms with van der Waals surface area (Å²) in [6.07, 6.45) is 0. The van der Waals surface area contributed by atoms with Gasteiger partial charge in [0.2, 0.25) is 10.0 Å². The fourth-order valence-electron chi connectivity index (χ4n) is 1.91. The Balaban J connectivity index is 2.24. The summed E-state index contributed by atoms with van der Waals surface area (Å²) in [5.41, 5.74) is 7.99. The molecule has 0 saturated carbocycles. The average Bonchev–Trinajstić information content (AvgIpc) is 2.42. The first-order valence-corrected chi connectivity index (χ1v) is 8.71. The molecule has 2 aromatic carbocycles. The Morgan fingerprint density at radius 2 is 1.76 bits per heavy atom. The maximum atomic E-state index is 12.4. The Morgan fingerprint density at radius 1 is 1.14 bits per heavy atom. The smallest absolute Gasteiger partial charge is 0.241 e. The van der Waals surface area contributed by atoms with Gasteiger partial charge in [-0.1, -0.05) is 34.1 Å². The number of hydrogen-bond donors (Lipinski definition) is 2. The number of halogens is 1. The van der Waals surface area contributed by atoms with E-state index in [0.29, 0.717) is 5.69 Å². The summed E-state index contributed by atoms with van der Waals surface area (Å²) in [6, 6.07) is 11.9. The minimum atomic E-state index is -3.60. The van der Waals surface area contributed by atoms with Crippen LogP contribution in [0.5, 0.6) is 0 Å². The van der Waals surface area contributed by atoms with Gasteiger partial charge in [0.15, 0.2) is 0 Å². The van der Waals surface area contributed by atoms with Crippen LogP contribution >= 0.6 is 15.9 Å². The summed E-state index contributed by atoms with van der Waals surface area (Å²) in [5, 5.41) is 0. The summed E-state index contributed by atoms with van der Waals surface area (Å²) in [6.45, 7) is 3.64. The third kappa shape index (κ3) is 3.84. The number of benzene rings is 2. The molecule has 112 valence electrons. The lowest BCUT2D eigenvalue weighted by atomic mass is 10.1. The van der Waals surface area contributed by atoms with E-state index < -0.39 is 10.0 Å². The van der Waals surface area contributed by atoms with Crippen LogP contribution < -0.4 is 10.5 Å². The molecule has 0 fully saturated rings. The fraction of sp³-hybridized carbons (Fsp3) is 0.200. The first-order chi connectivity index (χ1) is 9.79. The second kappa shape index (κ2) is 6.17. The summed E-state index contributed by atoms with van der Waals surface area (Å²) in [4.78, 5) is 0.176. The predicted octanol–water partition coefficient (Wildman–Crippen LogP) is 3.38.